The van der Waals surface area contributed by atoms with Gasteiger partial charge in [0.25, 0.3) is 0 Å². The lowest BCUT2D eigenvalue weighted by molar-refractivity contribution is 0.199. The zero-order chi connectivity index (χ0) is 15.1. The van der Waals surface area contributed by atoms with Gasteiger partial charge in [-0.25, -0.2) is 4.98 Å². The van der Waals surface area contributed by atoms with Crippen molar-refractivity contribution in [1.29, 1.82) is 0 Å². The van der Waals surface area contributed by atoms with Crippen molar-refractivity contribution in [1.82, 2.24) is 10.3 Å². The molecule has 1 aromatic heterocycles. The first-order chi connectivity index (χ1) is 10.2. The van der Waals surface area contributed by atoms with Crippen LogP contribution in [0.2, 0.25) is 0 Å². The highest BCUT2D eigenvalue weighted by atomic mass is 79.9. The van der Waals surface area contributed by atoms with E-state index in [0.717, 1.165) is 27.9 Å². The third-order valence-electron chi connectivity index (χ3n) is 3.01. The molecule has 5 heteroatoms. The second-order valence-electron chi connectivity index (χ2n) is 4.65. The number of methoxy groups -OCH3 is 1. The van der Waals surface area contributed by atoms with Crippen LogP contribution in [0.15, 0.2) is 41.0 Å². The Balaban J connectivity index is 2.10. The number of pyridine rings is 1. The first kappa shape index (κ1) is 15.9. The summed E-state index contributed by atoms with van der Waals surface area (Å²) in [7, 11) is 1.69. The Bertz CT molecular complexity index is 590. The van der Waals surface area contributed by atoms with Gasteiger partial charge in [0.2, 0.25) is 5.88 Å². The van der Waals surface area contributed by atoms with Gasteiger partial charge in [0.05, 0.1) is 6.61 Å². The van der Waals surface area contributed by atoms with E-state index in [-0.39, 0.29) is 0 Å². The summed E-state index contributed by atoms with van der Waals surface area (Å²) in [5.74, 6) is 1.44. The quantitative estimate of drug-likeness (QED) is 0.773. The summed E-state index contributed by atoms with van der Waals surface area (Å²) in [4.78, 5) is 4.33. The third kappa shape index (κ3) is 4.81. The van der Waals surface area contributed by atoms with Crippen LogP contribution in [0.3, 0.4) is 0 Å². The Labute approximate surface area is 133 Å². The highest BCUT2D eigenvalue weighted by Crippen LogP contribution is 2.28. The van der Waals surface area contributed by atoms with Crippen molar-refractivity contribution in [2.75, 3.05) is 20.3 Å². The van der Waals surface area contributed by atoms with E-state index in [1.165, 1.54) is 0 Å². The molecule has 0 amide bonds. The summed E-state index contributed by atoms with van der Waals surface area (Å²) in [6.07, 6.45) is 1.74. The summed E-state index contributed by atoms with van der Waals surface area (Å²) in [5, 5.41) is 3.30. The fourth-order valence-corrected chi connectivity index (χ4v) is 2.18. The number of hydrogen-bond donors (Lipinski definition) is 1. The van der Waals surface area contributed by atoms with E-state index in [9.17, 15) is 0 Å². The van der Waals surface area contributed by atoms with Crippen LogP contribution in [0.1, 0.15) is 11.1 Å². The minimum atomic E-state index is 0.628. The highest BCUT2D eigenvalue weighted by Gasteiger charge is 2.08. The van der Waals surface area contributed by atoms with Crippen molar-refractivity contribution in [2.24, 2.45) is 0 Å². The second kappa shape index (κ2) is 8.12. The Hall–Kier alpha value is -1.43. The van der Waals surface area contributed by atoms with Crippen LogP contribution in [0.25, 0.3) is 0 Å². The van der Waals surface area contributed by atoms with Crippen LogP contribution in [-0.4, -0.2) is 25.2 Å². The minimum Gasteiger partial charge on any atom is -0.438 e. The molecule has 0 aliphatic rings. The van der Waals surface area contributed by atoms with Gasteiger partial charge >= 0.3 is 0 Å². The first-order valence-corrected chi connectivity index (χ1v) is 7.57. The summed E-state index contributed by atoms with van der Waals surface area (Å²) in [5.41, 5.74) is 2.09. The molecule has 4 nitrogen and oxygen atoms in total. The van der Waals surface area contributed by atoms with Gasteiger partial charge in [-0.15, -0.1) is 0 Å². The number of halogens is 1. The molecule has 1 aromatic carbocycles. The van der Waals surface area contributed by atoms with Gasteiger partial charge in [-0.3, -0.25) is 0 Å². The van der Waals surface area contributed by atoms with Gasteiger partial charge in [0.15, 0.2) is 0 Å². The molecule has 2 aromatic rings. The molecule has 1 N–H and O–H groups in total. The molecule has 2 rings (SSSR count). The summed E-state index contributed by atoms with van der Waals surface area (Å²) in [6.45, 7) is 4.18. The van der Waals surface area contributed by atoms with E-state index in [1.54, 1.807) is 13.3 Å². The van der Waals surface area contributed by atoms with Crippen molar-refractivity contribution in [3.8, 4) is 11.6 Å². The zero-order valence-electron chi connectivity index (χ0n) is 12.2. The predicted octanol–water partition coefficient (Wildman–Crippen LogP) is 3.68. The number of benzene rings is 1. The van der Waals surface area contributed by atoms with Crippen molar-refractivity contribution in [2.45, 2.75) is 13.5 Å². The van der Waals surface area contributed by atoms with Crippen LogP contribution in [0.4, 0.5) is 0 Å². The predicted molar refractivity (Wildman–Crippen MR) is 86.8 cm³/mol. The third-order valence-corrected chi connectivity index (χ3v) is 3.50. The summed E-state index contributed by atoms with van der Waals surface area (Å²) < 4.78 is 12.0. The van der Waals surface area contributed by atoms with Crippen molar-refractivity contribution < 1.29 is 9.47 Å². The maximum absolute atomic E-state index is 5.97. The second-order valence-corrected chi connectivity index (χ2v) is 5.56. The summed E-state index contributed by atoms with van der Waals surface area (Å²) in [6, 6.07) is 9.88. The lowest BCUT2D eigenvalue weighted by Crippen LogP contribution is -2.19. The van der Waals surface area contributed by atoms with Gasteiger partial charge in [-0.05, 0) is 30.7 Å². The maximum Gasteiger partial charge on any atom is 0.223 e. The molecule has 0 spiro atoms. The van der Waals surface area contributed by atoms with Crippen LogP contribution < -0.4 is 10.1 Å². The van der Waals surface area contributed by atoms with E-state index in [2.05, 4.69) is 26.2 Å². The van der Waals surface area contributed by atoms with Crippen LogP contribution >= 0.6 is 15.9 Å². The van der Waals surface area contributed by atoms with Crippen molar-refractivity contribution in [3.63, 3.8) is 0 Å². The SMILES string of the molecule is COCCNCc1cccnc1Oc1cc(Br)ccc1C. The molecule has 21 heavy (non-hydrogen) atoms. The molecule has 0 saturated carbocycles. The number of rotatable bonds is 7. The molecule has 0 aliphatic heterocycles. The molecule has 112 valence electrons. The molecular weight excluding hydrogens is 332 g/mol. The van der Waals surface area contributed by atoms with Gasteiger partial charge in [0.1, 0.15) is 5.75 Å². The average molecular weight is 351 g/mol. The molecule has 1 heterocycles. The molecule has 0 saturated heterocycles. The first-order valence-electron chi connectivity index (χ1n) is 6.78. The number of aromatic nitrogens is 1. The molecule has 0 fully saturated rings. The van der Waals surface area contributed by atoms with Crippen LogP contribution in [0, 0.1) is 6.92 Å². The number of aryl methyl sites for hydroxylation is 1. The van der Waals surface area contributed by atoms with E-state index < -0.39 is 0 Å². The normalized spacial score (nSPS) is 10.6. The standard InChI is InChI=1S/C16H19BrN2O2/c1-12-5-6-14(17)10-15(12)21-16-13(4-3-7-19-16)11-18-8-9-20-2/h3-7,10,18H,8-9,11H2,1-2H3. The Kier molecular flexibility index (Phi) is 6.17. The fourth-order valence-electron chi connectivity index (χ4n) is 1.84. The minimum absolute atomic E-state index is 0.628. The lowest BCUT2D eigenvalue weighted by Gasteiger charge is -2.12. The maximum atomic E-state index is 5.97. The number of ether oxygens (including phenoxy) is 2. The largest absolute Gasteiger partial charge is 0.438 e. The molecule has 0 atom stereocenters. The number of hydrogen-bond acceptors (Lipinski definition) is 4. The zero-order valence-corrected chi connectivity index (χ0v) is 13.8. The Morgan fingerprint density at radius 3 is 2.95 bits per heavy atom. The Morgan fingerprint density at radius 2 is 2.14 bits per heavy atom. The van der Waals surface area contributed by atoms with Crippen LogP contribution in [-0.2, 0) is 11.3 Å². The topological polar surface area (TPSA) is 43.4 Å². The Morgan fingerprint density at radius 1 is 1.29 bits per heavy atom. The highest BCUT2D eigenvalue weighted by molar-refractivity contribution is 9.10. The molecule has 0 unspecified atom stereocenters. The van der Waals surface area contributed by atoms with E-state index in [4.69, 9.17) is 9.47 Å². The monoisotopic (exact) mass is 350 g/mol. The fraction of sp³-hybridized carbons (Fsp3) is 0.312. The summed E-state index contributed by atoms with van der Waals surface area (Å²) >= 11 is 3.46. The molecular formula is C16H19BrN2O2. The van der Waals surface area contributed by atoms with Gasteiger partial charge < -0.3 is 14.8 Å². The van der Waals surface area contributed by atoms with E-state index in [1.807, 2.05) is 37.3 Å². The molecule has 0 bridgehead atoms. The molecule has 0 aliphatic carbocycles. The lowest BCUT2D eigenvalue weighted by atomic mass is 10.2. The average Bonchev–Trinajstić information content (AvgIpc) is 2.49. The van der Waals surface area contributed by atoms with Crippen molar-refractivity contribution in [3.05, 3.63) is 52.1 Å². The number of nitrogens with one attached hydrogen (secondary N) is 1. The van der Waals surface area contributed by atoms with Crippen molar-refractivity contribution >= 4 is 15.9 Å². The van der Waals surface area contributed by atoms with Gasteiger partial charge in [0, 0.05) is 36.4 Å². The van der Waals surface area contributed by atoms with E-state index in [0.29, 0.717) is 19.0 Å². The van der Waals surface area contributed by atoms with E-state index >= 15 is 0 Å². The smallest absolute Gasteiger partial charge is 0.223 e. The van der Waals surface area contributed by atoms with Crippen LogP contribution in [0.5, 0.6) is 11.6 Å². The number of nitrogens with zero attached hydrogens (tertiary/aromatic N) is 1. The van der Waals surface area contributed by atoms with Gasteiger partial charge in [-0.2, -0.15) is 0 Å². The van der Waals surface area contributed by atoms with Gasteiger partial charge in [-0.1, -0.05) is 28.1 Å². The molecule has 0 radical (unpaired) electrons.